The van der Waals surface area contributed by atoms with Gasteiger partial charge in [-0.25, -0.2) is 4.79 Å². The van der Waals surface area contributed by atoms with E-state index in [0.717, 1.165) is 23.3 Å². The number of nitrogens with two attached hydrogens (primary N) is 1. The summed E-state index contributed by atoms with van der Waals surface area (Å²) in [5.41, 5.74) is 8.77. The van der Waals surface area contributed by atoms with E-state index in [0.29, 0.717) is 6.54 Å². The number of rotatable bonds is 6. The minimum Gasteiger partial charge on any atom is -0.481 e. The summed E-state index contributed by atoms with van der Waals surface area (Å²) < 4.78 is 10.6. The summed E-state index contributed by atoms with van der Waals surface area (Å²) in [6.45, 7) is 8.13. The molecule has 0 spiro atoms. The van der Waals surface area contributed by atoms with Gasteiger partial charge >= 0.3 is 5.97 Å². The average molecular weight is 265 g/mol. The number of aryl methyl sites for hydroxylation is 2. The van der Waals surface area contributed by atoms with Crippen molar-refractivity contribution in [2.75, 3.05) is 13.2 Å². The molecule has 0 saturated heterocycles. The predicted octanol–water partition coefficient (Wildman–Crippen LogP) is 2.14. The third kappa shape index (κ3) is 4.91. The number of carbonyl (C=O) groups is 1. The smallest absolute Gasteiger partial charge is 0.344 e. The number of hydrogen-bond donors (Lipinski definition) is 1. The highest BCUT2D eigenvalue weighted by atomic mass is 16.6. The van der Waals surface area contributed by atoms with E-state index in [1.807, 2.05) is 39.8 Å². The van der Waals surface area contributed by atoms with E-state index in [-0.39, 0.29) is 18.7 Å². The lowest BCUT2D eigenvalue weighted by Gasteiger charge is -2.14. The summed E-state index contributed by atoms with van der Waals surface area (Å²) >= 11 is 0. The lowest BCUT2D eigenvalue weighted by molar-refractivity contribution is -0.149. The predicted molar refractivity (Wildman–Crippen MR) is 75.4 cm³/mol. The highest BCUT2D eigenvalue weighted by Gasteiger charge is 2.10. The van der Waals surface area contributed by atoms with E-state index in [9.17, 15) is 4.79 Å². The van der Waals surface area contributed by atoms with E-state index in [2.05, 4.69) is 0 Å². The molecule has 0 aromatic heterocycles. The monoisotopic (exact) mass is 265 g/mol. The van der Waals surface area contributed by atoms with Crippen LogP contribution >= 0.6 is 0 Å². The highest BCUT2D eigenvalue weighted by molar-refractivity contribution is 5.71. The van der Waals surface area contributed by atoms with Gasteiger partial charge in [0, 0.05) is 0 Å². The van der Waals surface area contributed by atoms with Gasteiger partial charge in [-0.1, -0.05) is 12.1 Å². The molecule has 0 heterocycles. The van der Waals surface area contributed by atoms with Crippen molar-refractivity contribution in [3.05, 3.63) is 28.8 Å². The first kappa shape index (κ1) is 15.5. The summed E-state index contributed by atoms with van der Waals surface area (Å²) in [5.74, 6) is 0.404. The minimum atomic E-state index is -0.347. The van der Waals surface area contributed by atoms with Gasteiger partial charge in [-0.05, 0) is 57.4 Å². The zero-order valence-corrected chi connectivity index (χ0v) is 12.2. The van der Waals surface area contributed by atoms with Gasteiger partial charge in [0.05, 0.1) is 6.10 Å². The van der Waals surface area contributed by atoms with Crippen molar-refractivity contribution in [1.82, 2.24) is 0 Å². The van der Waals surface area contributed by atoms with Crippen molar-refractivity contribution in [3.63, 3.8) is 0 Å². The molecule has 0 radical (unpaired) electrons. The van der Waals surface area contributed by atoms with Gasteiger partial charge in [0.1, 0.15) is 5.75 Å². The Kier molecular flexibility index (Phi) is 5.83. The largest absolute Gasteiger partial charge is 0.481 e. The summed E-state index contributed by atoms with van der Waals surface area (Å²) in [4.78, 5) is 11.5. The number of hydrogen-bond acceptors (Lipinski definition) is 4. The Morgan fingerprint density at radius 2 is 1.84 bits per heavy atom. The maximum atomic E-state index is 11.5. The number of esters is 1. The molecule has 0 atom stereocenters. The summed E-state index contributed by atoms with van der Waals surface area (Å²) in [7, 11) is 0. The van der Waals surface area contributed by atoms with Crippen LogP contribution in [-0.4, -0.2) is 25.2 Å². The molecular formula is C15H23NO3. The van der Waals surface area contributed by atoms with Crippen LogP contribution < -0.4 is 10.5 Å². The standard InChI is InChI=1S/C15H23NO3/c1-10(2)19-14(17)9-18-15-11(3)7-13(5-6-16)8-12(15)4/h7-8,10H,5-6,9,16H2,1-4H3. The Labute approximate surface area is 114 Å². The van der Waals surface area contributed by atoms with Gasteiger partial charge < -0.3 is 15.2 Å². The molecule has 0 fully saturated rings. The Morgan fingerprint density at radius 3 is 2.32 bits per heavy atom. The number of ether oxygens (including phenoxy) is 2. The average Bonchev–Trinajstić information content (AvgIpc) is 2.27. The van der Waals surface area contributed by atoms with E-state index in [1.165, 1.54) is 5.56 Å². The maximum Gasteiger partial charge on any atom is 0.344 e. The first-order chi connectivity index (χ1) is 8.93. The van der Waals surface area contributed by atoms with Gasteiger partial charge in [0.2, 0.25) is 0 Å². The summed E-state index contributed by atoms with van der Waals surface area (Å²) in [6, 6.07) is 4.09. The minimum absolute atomic E-state index is 0.0594. The van der Waals surface area contributed by atoms with Crippen LogP contribution in [-0.2, 0) is 16.0 Å². The van der Waals surface area contributed by atoms with Crippen molar-refractivity contribution in [2.45, 2.75) is 40.2 Å². The third-order valence-electron chi connectivity index (χ3n) is 2.65. The van der Waals surface area contributed by atoms with Gasteiger partial charge in [0.25, 0.3) is 0 Å². The van der Waals surface area contributed by atoms with Crippen LogP contribution in [0.3, 0.4) is 0 Å². The van der Waals surface area contributed by atoms with Crippen LogP contribution in [0.5, 0.6) is 5.75 Å². The fourth-order valence-corrected chi connectivity index (χ4v) is 2.01. The summed E-state index contributed by atoms with van der Waals surface area (Å²) in [5, 5.41) is 0. The maximum absolute atomic E-state index is 11.5. The zero-order chi connectivity index (χ0) is 14.4. The van der Waals surface area contributed by atoms with Crippen molar-refractivity contribution in [2.24, 2.45) is 5.73 Å². The van der Waals surface area contributed by atoms with E-state index < -0.39 is 0 Å². The number of benzene rings is 1. The summed E-state index contributed by atoms with van der Waals surface area (Å²) in [6.07, 6.45) is 0.724. The van der Waals surface area contributed by atoms with Gasteiger partial charge in [0.15, 0.2) is 6.61 Å². The van der Waals surface area contributed by atoms with Crippen LogP contribution in [0.1, 0.15) is 30.5 Å². The van der Waals surface area contributed by atoms with Crippen molar-refractivity contribution >= 4 is 5.97 Å². The molecule has 19 heavy (non-hydrogen) atoms. The Hall–Kier alpha value is -1.55. The molecule has 0 saturated carbocycles. The molecule has 0 bridgehead atoms. The molecule has 1 aromatic rings. The molecule has 0 aliphatic heterocycles. The fraction of sp³-hybridized carbons (Fsp3) is 0.533. The van der Waals surface area contributed by atoms with E-state index in [1.54, 1.807) is 0 Å². The van der Waals surface area contributed by atoms with E-state index in [4.69, 9.17) is 15.2 Å². The fourth-order valence-electron chi connectivity index (χ4n) is 2.01. The number of carbonyl (C=O) groups excluding carboxylic acids is 1. The zero-order valence-electron chi connectivity index (χ0n) is 12.2. The van der Waals surface area contributed by atoms with Gasteiger partial charge in [-0.15, -0.1) is 0 Å². The molecule has 1 aromatic carbocycles. The lowest BCUT2D eigenvalue weighted by Crippen LogP contribution is -2.19. The van der Waals surface area contributed by atoms with Crippen molar-refractivity contribution in [3.8, 4) is 5.75 Å². The molecule has 4 heteroatoms. The lowest BCUT2D eigenvalue weighted by atomic mass is 10.0. The molecule has 4 nitrogen and oxygen atoms in total. The van der Waals surface area contributed by atoms with Gasteiger partial charge in [-0.3, -0.25) is 0 Å². The molecule has 0 aliphatic rings. The Balaban J connectivity index is 2.71. The molecule has 106 valence electrons. The molecule has 0 amide bonds. The van der Waals surface area contributed by atoms with Crippen molar-refractivity contribution < 1.29 is 14.3 Å². The molecule has 0 aliphatic carbocycles. The molecular weight excluding hydrogens is 242 g/mol. The van der Waals surface area contributed by atoms with Crippen LogP contribution in [0, 0.1) is 13.8 Å². The van der Waals surface area contributed by atoms with Crippen LogP contribution in [0.25, 0.3) is 0 Å². The second kappa shape index (κ2) is 7.14. The van der Waals surface area contributed by atoms with E-state index >= 15 is 0 Å². The Bertz CT molecular complexity index is 418. The SMILES string of the molecule is Cc1cc(CCN)cc(C)c1OCC(=O)OC(C)C. The highest BCUT2D eigenvalue weighted by Crippen LogP contribution is 2.25. The van der Waals surface area contributed by atoms with Gasteiger partial charge in [-0.2, -0.15) is 0 Å². The van der Waals surface area contributed by atoms with Crippen LogP contribution in [0.15, 0.2) is 12.1 Å². The van der Waals surface area contributed by atoms with Crippen LogP contribution in [0.4, 0.5) is 0 Å². The quantitative estimate of drug-likeness (QED) is 0.800. The van der Waals surface area contributed by atoms with Crippen LogP contribution in [0.2, 0.25) is 0 Å². The second-order valence-electron chi connectivity index (χ2n) is 4.92. The second-order valence-corrected chi connectivity index (χ2v) is 4.92. The first-order valence-electron chi connectivity index (χ1n) is 6.56. The Morgan fingerprint density at radius 1 is 1.26 bits per heavy atom. The first-order valence-corrected chi connectivity index (χ1v) is 6.56. The third-order valence-corrected chi connectivity index (χ3v) is 2.65. The molecule has 0 unspecified atom stereocenters. The van der Waals surface area contributed by atoms with Crippen molar-refractivity contribution in [1.29, 1.82) is 0 Å². The molecule has 2 N–H and O–H groups in total. The normalized spacial score (nSPS) is 10.6. The molecule has 1 rings (SSSR count). The topological polar surface area (TPSA) is 61.5 Å².